The lowest BCUT2D eigenvalue weighted by atomic mass is 9.84. The molecule has 1 unspecified atom stereocenters. The van der Waals surface area contributed by atoms with Crippen LogP contribution in [0.4, 0.5) is 10.1 Å². The second-order valence-corrected chi connectivity index (χ2v) is 8.71. The Bertz CT molecular complexity index is 905. The number of hydrogen-bond donors (Lipinski definition) is 1. The Morgan fingerprint density at radius 3 is 2.77 bits per heavy atom. The van der Waals surface area contributed by atoms with Crippen LogP contribution in [0.25, 0.3) is 0 Å². The van der Waals surface area contributed by atoms with Crippen molar-refractivity contribution in [1.82, 2.24) is 9.80 Å². The smallest absolute Gasteiger partial charge is 0.291 e. The third kappa shape index (κ3) is 5.43. The fourth-order valence-electron chi connectivity index (χ4n) is 4.52. The average Bonchev–Trinajstić information content (AvgIpc) is 2.78. The highest BCUT2D eigenvalue weighted by molar-refractivity contribution is 5.95. The fraction of sp³-hybridized carbons (Fsp3) is 0.565. The summed E-state index contributed by atoms with van der Waals surface area (Å²) in [5, 5.41) is 10.8. The van der Waals surface area contributed by atoms with Gasteiger partial charge in [-0.3, -0.25) is 9.59 Å². The van der Waals surface area contributed by atoms with E-state index in [1.807, 2.05) is 0 Å². The topological polar surface area (TPSA) is 77.4 Å². The second-order valence-electron chi connectivity index (χ2n) is 8.71. The van der Waals surface area contributed by atoms with Crippen molar-refractivity contribution in [2.45, 2.75) is 44.6 Å². The van der Waals surface area contributed by atoms with Crippen LogP contribution < -0.4 is 5.32 Å². The van der Waals surface area contributed by atoms with Crippen molar-refractivity contribution in [2.75, 3.05) is 45.1 Å². The van der Waals surface area contributed by atoms with Gasteiger partial charge in [0, 0.05) is 51.1 Å². The van der Waals surface area contributed by atoms with E-state index in [9.17, 15) is 14.0 Å². The Morgan fingerprint density at radius 1 is 1.19 bits per heavy atom. The number of azo groups is 1. The molecule has 0 saturated carbocycles. The highest BCUT2D eigenvalue weighted by Gasteiger charge is 2.29. The molecule has 0 spiro atoms. The van der Waals surface area contributed by atoms with E-state index in [-0.39, 0.29) is 23.5 Å². The minimum atomic E-state index is -0.449. The van der Waals surface area contributed by atoms with Crippen LogP contribution in [0, 0.1) is 5.82 Å². The van der Waals surface area contributed by atoms with Crippen LogP contribution in [0.3, 0.4) is 0 Å². The maximum Gasteiger partial charge on any atom is 0.291 e. The van der Waals surface area contributed by atoms with Gasteiger partial charge in [0.25, 0.3) is 5.91 Å². The first kappa shape index (κ1) is 21.8. The van der Waals surface area contributed by atoms with Gasteiger partial charge >= 0.3 is 0 Å². The van der Waals surface area contributed by atoms with E-state index in [1.165, 1.54) is 6.07 Å². The van der Waals surface area contributed by atoms with E-state index in [0.717, 1.165) is 68.6 Å². The molecular formula is C23H30FN5O2. The van der Waals surface area contributed by atoms with Crippen molar-refractivity contribution in [3.8, 4) is 0 Å². The average molecular weight is 428 g/mol. The van der Waals surface area contributed by atoms with Gasteiger partial charge in [-0.1, -0.05) is 6.07 Å². The van der Waals surface area contributed by atoms with E-state index in [1.54, 1.807) is 12.1 Å². The molecule has 166 valence electrons. The summed E-state index contributed by atoms with van der Waals surface area (Å²) in [5.74, 6) is -0.844. The molecule has 3 aliphatic rings. The van der Waals surface area contributed by atoms with E-state index >= 15 is 0 Å². The van der Waals surface area contributed by atoms with Gasteiger partial charge in [0.05, 0.1) is 11.7 Å². The quantitative estimate of drug-likeness (QED) is 0.757. The molecule has 1 saturated heterocycles. The summed E-state index contributed by atoms with van der Waals surface area (Å²) in [6.07, 6.45) is 4.57. The summed E-state index contributed by atoms with van der Waals surface area (Å²) < 4.78 is 14.3. The molecule has 1 N–H and O–H groups in total. The number of carbonyl (C=O) groups excluding carboxylic acids is 2. The number of amides is 2. The van der Waals surface area contributed by atoms with Crippen molar-refractivity contribution >= 4 is 17.5 Å². The van der Waals surface area contributed by atoms with Crippen LogP contribution in [0.2, 0.25) is 0 Å². The Kier molecular flexibility index (Phi) is 6.87. The first-order chi connectivity index (χ1) is 15.0. The number of nitrogens with zero attached hydrogens (tertiary/aromatic N) is 4. The number of nitrogens with one attached hydrogen (secondary N) is 1. The molecule has 1 aromatic rings. The molecule has 0 aromatic heterocycles. The fourth-order valence-corrected chi connectivity index (χ4v) is 4.52. The molecule has 31 heavy (non-hydrogen) atoms. The van der Waals surface area contributed by atoms with Gasteiger partial charge in [-0.15, -0.1) is 5.11 Å². The molecule has 4 rings (SSSR count). The van der Waals surface area contributed by atoms with Crippen molar-refractivity contribution in [3.63, 3.8) is 0 Å². The Labute approximate surface area is 182 Å². The number of hydrogen-bond acceptors (Lipinski definition) is 5. The first-order valence-electron chi connectivity index (χ1n) is 11.2. The molecule has 2 aliphatic heterocycles. The SMILES string of the molecule is CN1CCN(CCC(=O)Nc2cc(CC3N=NC(=O)C4=C3CCCC4)ccc2F)CC1. The van der Waals surface area contributed by atoms with E-state index in [2.05, 4.69) is 32.4 Å². The van der Waals surface area contributed by atoms with E-state index in [4.69, 9.17) is 0 Å². The summed E-state index contributed by atoms with van der Waals surface area (Å²) in [5.41, 5.74) is 2.95. The molecule has 0 radical (unpaired) electrons. The first-order valence-corrected chi connectivity index (χ1v) is 11.2. The highest BCUT2D eigenvalue weighted by Crippen LogP contribution is 2.34. The zero-order valence-corrected chi connectivity index (χ0v) is 18.1. The van der Waals surface area contributed by atoms with Gasteiger partial charge in [-0.25, -0.2) is 4.39 Å². The van der Waals surface area contributed by atoms with Crippen molar-refractivity contribution in [2.24, 2.45) is 10.2 Å². The maximum atomic E-state index is 14.3. The van der Waals surface area contributed by atoms with Crippen LogP contribution in [-0.4, -0.2) is 67.4 Å². The molecule has 2 heterocycles. The largest absolute Gasteiger partial charge is 0.324 e. The summed E-state index contributed by atoms with van der Waals surface area (Å²) in [6, 6.07) is 4.59. The number of carbonyl (C=O) groups is 2. The normalized spacial score (nSPS) is 22.5. The molecule has 1 aliphatic carbocycles. The lowest BCUT2D eigenvalue weighted by molar-refractivity contribution is -0.117. The molecule has 1 atom stereocenters. The number of rotatable bonds is 6. The summed E-state index contributed by atoms with van der Waals surface area (Å²) in [7, 11) is 2.10. The Morgan fingerprint density at radius 2 is 1.97 bits per heavy atom. The van der Waals surface area contributed by atoms with Crippen LogP contribution in [0.15, 0.2) is 39.6 Å². The second kappa shape index (κ2) is 9.78. The zero-order valence-electron chi connectivity index (χ0n) is 18.1. The lowest BCUT2D eigenvalue weighted by Gasteiger charge is -2.32. The third-order valence-corrected chi connectivity index (χ3v) is 6.44. The van der Waals surface area contributed by atoms with E-state index < -0.39 is 5.82 Å². The van der Waals surface area contributed by atoms with Crippen molar-refractivity contribution in [3.05, 3.63) is 40.7 Å². The molecular weight excluding hydrogens is 397 g/mol. The molecule has 8 heteroatoms. The van der Waals surface area contributed by atoms with Crippen LogP contribution in [0.1, 0.15) is 37.7 Å². The molecule has 1 fully saturated rings. The maximum absolute atomic E-state index is 14.3. The monoisotopic (exact) mass is 427 g/mol. The zero-order chi connectivity index (χ0) is 21.8. The minimum absolute atomic E-state index is 0.181. The number of likely N-dealkylation sites (N-methyl/N-ethyl adjacent to an activating group) is 1. The Balaban J connectivity index is 1.37. The predicted molar refractivity (Wildman–Crippen MR) is 116 cm³/mol. The highest BCUT2D eigenvalue weighted by atomic mass is 19.1. The standard InChI is InChI=1S/C23H30FN5O2/c1-28-10-12-29(13-11-28)9-8-22(30)25-21-15-16(6-7-19(21)24)14-20-17-4-2-3-5-18(17)23(31)27-26-20/h6-7,15,20H,2-5,8-14H2,1H3,(H,25,30). The van der Waals surface area contributed by atoms with Crippen LogP contribution >= 0.6 is 0 Å². The van der Waals surface area contributed by atoms with Gasteiger partial charge in [0.2, 0.25) is 5.91 Å². The predicted octanol–water partition coefficient (Wildman–Crippen LogP) is 3.18. The number of halogens is 1. The third-order valence-electron chi connectivity index (χ3n) is 6.44. The van der Waals surface area contributed by atoms with Crippen LogP contribution in [0.5, 0.6) is 0 Å². The van der Waals surface area contributed by atoms with Gasteiger partial charge in [0.15, 0.2) is 0 Å². The van der Waals surface area contributed by atoms with E-state index in [0.29, 0.717) is 19.4 Å². The van der Waals surface area contributed by atoms with Crippen molar-refractivity contribution < 1.29 is 14.0 Å². The van der Waals surface area contributed by atoms with Crippen molar-refractivity contribution in [1.29, 1.82) is 0 Å². The summed E-state index contributed by atoms with van der Waals surface area (Å²) in [4.78, 5) is 29.0. The summed E-state index contributed by atoms with van der Waals surface area (Å²) >= 11 is 0. The molecule has 7 nitrogen and oxygen atoms in total. The Hall–Kier alpha value is -2.45. The van der Waals surface area contributed by atoms with Gasteiger partial charge < -0.3 is 15.1 Å². The molecule has 1 aromatic carbocycles. The van der Waals surface area contributed by atoms with Crippen LogP contribution in [-0.2, 0) is 16.0 Å². The number of anilines is 1. The van der Waals surface area contributed by atoms with Gasteiger partial charge in [-0.2, -0.15) is 5.11 Å². The van der Waals surface area contributed by atoms with Gasteiger partial charge in [-0.05, 0) is 56.0 Å². The number of piperazine rings is 1. The minimum Gasteiger partial charge on any atom is -0.324 e. The molecule has 2 amide bonds. The number of benzene rings is 1. The van der Waals surface area contributed by atoms with Gasteiger partial charge in [0.1, 0.15) is 5.82 Å². The lowest BCUT2D eigenvalue weighted by Crippen LogP contribution is -2.45. The summed E-state index contributed by atoms with van der Waals surface area (Å²) in [6.45, 7) is 4.57. The molecule has 0 bridgehead atoms.